The first-order valence-electron chi connectivity index (χ1n) is 3.53. The fourth-order valence-corrected chi connectivity index (χ4v) is 1.65. The van der Waals surface area contributed by atoms with Gasteiger partial charge in [0.05, 0.1) is 0 Å². The highest BCUT2D eigenvalue weighted by Crippen LogP contribution is 2.20. The van der Waals surface area contributed by atoms with Crippen LogP contribution in [0, 0.1) is 0 Å². The van der Waals surface area contributed by atoms with E-state index in [0.717, 1.165) is 0 Å². The highest BCUT2D eigenvalue weighted by atomic mass is 32.1. The van der Waals surface area contributed by atoms with Crippen LogP contribution in [0.4, 0.5) is 0 Å². The Bertz CT molecular complexity index is 273. The monoisotopic (exact) mass is 186 g/mol. The summed E-state index contributed by atoms with van der Waals surface area (Å²) in [5.74, 6) is -0.453. The first kappa shape index (κ1) is 9.12. The molecular weight excluding hydrogens is 176 g/mol. The van der Waals surface area contributed by atoms with Crippen LogP contribution >= 0.6 is 12.2 Å². The molecule has 0 aliphatic carbocycles. The zero-order valence-electron chi connectivity index (χ0n) is 7.17. The molecule has 5 heteroatoms. The Balaban J connectivity index is 3.07. The van der Waals surface area contributed by atoms with E-state index < -0.39 is 5.54 Å². The second-order valence-electron chi connectivity index (χ2n) is 3.17. The molecule has 1 aliphatic rings. The van der Waals surface area contributed by atoms with E-state index in [0.29, 0.717) is 0 Å². The van der Waals surface area contributed by atoms with Gasteiger partial charge in [-0.2, -0.15) is 0 Å². The van der Waals surface area contributed by atoms with E-state index in [1.807, 2.05) is 0 Å². The fraction of sp³-hybridized carbons (Fsp3) is 0.571. The lowest BCUT2D eigenvalue weighted by atomic mass is 10.1. The minimum absolute atomic E-state index is 0.192. The Morgan fingerprint density at radius 3 is 2.25 bits per heavy atom. The lowest BCUT2D eigenvalue weighted by molar-refractivity contribution is -0.135. The van der Waals surface area contributed by atoms with Crippen molar-refractivity contribution in [1.82, 2.24) is 10.2 Å². The Kier molecular flexibility index (Phi) is 1.91. The van der Waals surface area contributed by atoms with Crippen LogP contribution in [0.15, 0.2) is 0 Å². The summed E-state index contributed by atoms with van der Waals surface area (Å²) >= 11 is 4.82. The summed E-state index contributed by atoms with van der Waals surface area (Å²) in [6, 6.07) is 0. The highest BCUT2D eigenvalue weighted by Gasteiger charge is 2.45. The minimum Gasteiger partial charge on any atom is -0.301 e. The minimum atomic E-state index is -0.844. The van der Waals surface area contributed by atoms with Crippen LogP contribution in [-0.4, -0.2) is 27.4 Å². The van der Waals surface area contributed by atoms with Crippen LogP contribution in [-0.2, 0) is 9.59 Å². The second-order valence-corrected chi connectivity index (χ2v) is 3.56. The Labute approximate surface area is 75.9 Å². The van der Waals surface area contributed by atoms with Gasteiger partial charge in [0, 0.05) is 6.92 Å². The summed E-state index contributed by atoms with van der Waals surface area (Å²) in [4.78, 5) is 23.6. The molecule has 66 valence electrons. The molecule has 0 radical (unpaired) electrons. The lowest BCUT2D eigenvalue weighted by Crippen LogP contribution is -2.46. The molecule has 0 aromatic heterocycles. The predicted molar refractivity (Wildman–Crippen MR) is 47.3 cm³/mol. The Hall–Kier alpha value is -0.970. The average molecular weight is 186 g/mol. The molecule has 0 atom stereocenters. The molecular formula is C7H10N2O2S. The van der Waals surface area contributed by atoms with Crippen LogP contribution in [0.1, 0.15) is 20.8 Å². The lowest BCUT2D eigenvalue weighted by Gasteiger charge is -2.25. The molecule has 2 amide bonds. The van der Waals surface area contributed by atoms with Crippen LogP contribution in [0.5, 0.6) is 0 Å². The molecule has 0 aromatic carbocycles. The van der Waals surface area contributed by atoms with E-state index in [4.69, 9.17) is 12.2 Å². The number of amides is 2. The van der Waals surface area contributed by atoms with E-state index in [-0.39, 0.29) is 16.9 Å². The van der Waals surface area contributed by atoms with Crippen molar-refractivity contribution < 1.29 is 9.59 Å². The maximum absolute atomic E-state index is 11.2. The zero-order valence-corrected chi connectivity index (χ0v) is 7.99. The molecule has 0 spiro atoms. The van der Waals surface area contributed by atoms with Crippen LogP contribution in [0.25, 0.3) is 0 Å². The Morgan fingerprint density at radius 1 is 1.58 bits per heavy atom. The molecule has 0 unspecified atom stereocenters. The van der Waals surface area contributed by atoms with Crippen molar-refractivity contribution in [1.29, 1.82) is 0 Å². The SMILES string of the molecule is CC(=O)N1C(=S)NC(=O)C1(C)C. The number of thiocarbonyl (C=S) groups is 1. The van der Waals surface area contributed by atoms with E-state index in [9.17, 15) is 9.59 Å². The van der Waals surface area contributed by atoms with Gasteiger partial charge in [-0.25, -0.2) is 0 Å². The van der Waals surface area contributed by atoms with E-state index in [1.165, 1.54) is 11.8 Å². The number of carbonyl (C=O) groups is 2. The molecule has 4 nitrogen and oxygen atoms in total. The van der Waals surface area contributed by atoms with Crippen molar-refractivity contribution in [2.24, 2.45) is 0 Å². The molecule has 0 aromatic rings. The van der Waals surface area contributed by atoms with Gasteiger partial charge in [0.15, 0.2) is 5.11 Å². The van der Waals surface area contributed by atoms with Crippen LogP contribution in [0.3, 0.4) is 0 Å². The molecule has 12 heavy (non-hydrogen) atoms. The van der Waals surface area contributed by atoms with Crippen LogP contribution in [0.2, 0.25) is 0 Å². The third-order valence-electron chi connectivity index (χ3n) is 1.85. The fourth-order valence-electron chi connectivity index (χ4n) is 1.20. The summed E-state index contributed by atoms with van der Waals surface area (Å²) in [6.45, 7) is 4.69. The molecule has 1 saturated heterocycles. The first-order chi connectivity index (χ1) is 5.37. The van der Waals surface area contributed by atoms with Crippen molar-refractivity contribution in [3.8, 4) is 0 Å². The van der Waals surface area contributed by atoms with Crippen molar-refractivity contribution in [2.45, 2.75) is 26.3 Å². The smallest absolute Gasteiger partial charge is 0.251 e. The largest absolute Gasteiger partial charge is 0.301 e. The molecule has 1 aliphatic heterocycles. The maximum atomic E-state index is 11.2. The number of rotatable bonds is 0. The van der Waals surface area contributed by atoms with Gasteiger partial charge >= 0.3 is 0 Å². The van der Waals surface area contributed by atoms with Gasteiger partial charge in [-0.1, -0.05) is 0 Å². The first-order valence-corrected chi connectivity index (χ1v) is 3.94. The summed E-state index contributed by atoms with van der Waals surface area (Å²) in [5, 5.41) is 2.63. The van der Waals surface area contributed by atoms with Crippen molar-refractivity contribution in [2.75, 3.05) is 0 Å². The third kappa shape index (κ3) is 1.10. The van der Waals surface area contributed by atoms with Gasteiger partial charge in [0.1, 0.15) is 5.54 Å². The quantitative estimate of drug-likeness (QED) is 0.543. The van der Waals surface area contributed by atoms with Gasteiger partial charge in [-0.15, -0.1) is 0 Å². The number of nitrogens with zero attached hydrogens (tertiary/aromatic N) is 1. The van der Waals surface area contributed by atoms with E-state index >= 15 is 0 Å². The van der Waals surface area contributed by atoms with Crippen molar-refractivity contribution in [3.05, 3.63) is 0 Å². The molecule has 1 N–H and O–H groups in total. The van der Waals surface area contributed by atoms with Crippen LogP contribution < -0.4 is 5.32 Å². The topological polar surface area (TPSA) is 49.4 Å². The molecule has 0 saturated carbocycles. The molecule has 1 fully saturated rings. The van der Waals surface area contributed by atoms with Crippen molar-refractivity contribution in [3.63, 3.8) is 0 Å². The third-order valence-corrected chi connectivity index (χ3v) is 2.14. The number of nitrogens with one attached hydrogen (secondary N) is 1. The van der Waals surface area contributed by atoms with E-state index in [1.54, 1.807) is 13.8 Å². The standard InChI is InChI=1S/C7H10N2O2S/c1-4(10)9-6(12)8-5(11)7(9,2)3/h1-3H3,(H,8,11,12). The van der Waals surface area contributed by atoms with Crippen molar-refractivity contribution >= 4 is 29.1 Å². The second kappa shape index (κ2) is 2.52. The van der Waals surface area contributed by atoms with E-state index in [2.05, 4.69) is 5.32 Å². The van der Waals surface area contributed by atoms with Gasteiger partial charge in [0.25, 0.3) is 5.91 Å². The van der Waals surface area contributed by atoms with Gasteiger partial charge in [-0.3, -0.25) is 14.5 Å². The zero-order chi connectivity index (χ0) is 9.52. The number of hydrogen-bond donors (Lipinski definition) is 1. The molecule has 0 bridgehead atoms. The summed E-state index contributed by atoms with van der Waals surface area (Å²) in [6.07, 6.45) is 0. The van der Waals surface area contributed by atoms with Gasteiger partial charge in [0.2, 0.25) is 5.91 Å². The van der Waals surface area contributed by atoms with Gasteiger partial charge in [-0.05, 0) is 26.1 Å². The normalized spacial score (nSPS) is 21.1. The number of carbonyl (C=O) groups excluding carboxylic acids is 2. The highest BCUT2D eigenvalue weighted by molar-refractivity contribution is 7.80. The summed E-state index contributed by atoms with van der Waals surface area (Å²) in [7, 11) is 0. The summed E-state index contributed by atoms with van der Waals surface area (Å²) in [5.41, 5.74) is -0.844. The Morgan fingerprint density at radius 2 is 2.08 bits per heavy atom. The van der Waals surface area contributed by atoms with Gasteiger partial charge < -0.3 is 5.32 Å². The number of hydrogen-bond acceptors (Lipinski definition) is 3. The molecule has 1 heterocycles. The summed E-state index contributed by atoms with van der Waals surface area (Å²) < 4.78 is 0. The molecule has 1 rings (SSSR count). The predicted octanol–water partition coefficient (Wildman–Crippen LogP) is 0.0282. The average Bonchev–Trinajstić information content (AvgIpc) is 2.02. The maximum Gasteiger partial charge on any atom is 0.251 e.